The molecule has 0 saturated carbocycles. The van der Waals surface area contributed by atoms with Crippen molar-refractivity contribution in [3.63, 3.8) is 0 Å². The zero-order chi connectivity index (χ0) is 9.80. The first kappa shape index (κ1) is 9.21. The average molecular weight is 194 g/mol. The number of amides is 1. The number of hydrogen-bond acceptors (Lipinski definition) is 3. The van der Waals surface area contributed by atoms with Gasteiger partial charge < -0.3 is 15.2 Å². The van der Waals surface area contributed by atoms with Gasteiger partial charge in [-0.3, -0.25) is 4.79 Å². The van der Waals surface area contributed by atoms with Gasteiger partial charge in [0.2, 0.25) is 0 Å². The van der Waals surface area contributed by atoms with E-state index in [1.165, 1.54) is 6.33 Å². The standard InChI is InChI=1S/C9H14N4O/c14-9(8-6-11-7-12-8)13-4-1-2-10-3-5-13/h6-7,10H,1-5H2,(H,11,12). The summed E-state index contributed by atoms with van der Waals surface area (Å²) in [6.45, 7) is 3.47. The number of hydrogen-bond donors (Lipinski definition) is 2. The van der Waals surface area contributed by atoms with E-state index in [1.807, 2.05) is 4.90 Å². The zero-order valence-corrected chi connectivity index (χ0v) is 7.99. The van der Waals surface area contributed by atoms with Gasteiger partial charge in [0.15, 0.2) is 0 Å². The summed E-state index contributed by atoms with van der Waals surface area (Å²) < 4.78 is 0. The number of carbonyl (C=O) groups excluding carboxylic acids is 1. The first-order valence-corrected chi connectivity index (χ1v) is 4.86. The van der Waals surface area contributed by atoms with Crippen LogP contribution in [0.25, 0.3) is 0 Å². The molecule has 0 radical (unpaired) electrons. The topological polar surface area (TPSA) is 61.0 Å². The van der Waals surface area contributed by atoms with E-state index in [1.54, 1.807) is 6.20 Å². The monoisotopic (exact) mass is 194 g/mol. The van der Waals surface area contributed by atoms with Crippen molar-refractivity contribution in [1.82, 2.24) is 20.2 Å². The van der Waals surface area contributed by atoms with Crippen LogP contribution in [0.3, 0.4) is 0 Å². The second-order valence-electron chi connectivity index (χ2n) is 3.36. The van der Waals surface area contributed by atoms with E-state index in [-0.39, 0.29) is 5.91 Å². The highest BCUT2D eigenvalue weighted by atomic mass is 16.2. The molecule has 0 unspecified atom stereocenters. The van der Waals surface area contributed by atoms with Crippen LogP contribution in [0, 0.1) is 0 Å². The largest absolute Gasteiger partial charge is 0.341 e. The van der Waals surface area contributed by atoms with Gasteiger partial charge in [-0.05, 0) is 13.0 Å². The molecule has 14 heavy (non-hydrogen) atoms. The lowest BCUT2D eigenvalue weighted by molar-refractivity contribution is 0.0761. The van der Waals surface area contributed by atoms with E-state index < -0.39 is 0 Å². The second-order valence-corrected chi connectivity index (χ2v) is 3.36. The molecule has 1 aliphatic heterocycles. The molecule has 2 rings (SSSR count). The molecule has 76 valence electrons. The van der Waals surface area contributed by atoms with Crippen molar-refractivity contribution in [3.05, 3.63) is 18.2 Å². The van der Waals surface area contributed by atoms with Crippen LogP contribution in [-0.4, -0.2) is 47.0 Å². The number of carbonyl (C=O) groups is 1. The lowest BCUT2D eigenvalue weighted by Crippen LogP contribution is -2.34. The van der Waals surface area contributed by atoms with Crippen molar-refractivity contribution in [3.8, 4) is 0 Å². The number of nitrogens with one attached hydrogen (secondary N) is 2. The zero-order valence-electron chi connectivity index (χ0n) is 7.99. The third kappa shape index (κ3) is 1.93. The van der Waals surface area contributed by atoms with E-state index in [0.29, 0.717) is 5.69 Å². The molecule has 5 nitrogen and oxygen atoms in total. The average Bonchev–Trinajstić information content (AvgIpc) is 2.59. The summed E-state index contributed by atoms with van der Waals surface area (Å²) in [6, 6.07) is 0. The Morgan fingerprint density at radius 3 is 3.14 bits per heavy atom. The van der Waals surface area contributed by atoms with E-state index in [9.17, 15) is 4.79 Å². The summed E-state index contributed by atoms with van der Waals surface area (Å²) in [4.78, 5) is 20.4. The Morgan fingerprint density at radius 1 is 1.43 bits per heavy atom. The summed E-state index contributed by atoms with van der Waals surface area (Å²) in [6.07, 6.45) is 4.11. The molecule has 1 saturated heterocycles. The molecule has 1 amide bonds. The Bertz CT molecular complexity index is 288. The van der Waals surface area contributed by atoms with Crippen molar-refractivity contribution < 1.29 is 4.79 Å². The van der Waals surface area contributed by atoms with Crippen LogP contribution < -0.4 is 5.32 Å². The maximum atomic E-state index is 11.8. The molecular weight excluding hydrogens is 180 g/mol. The summed E-state index contributed by atoms with van der Waals surface area (Å²) >= 11 is 0. The number of aromatic amines is 1. The third-order valence-electron chi connectivity index (χ3n) is 2.36. The lowest BCUT2D eigenvalue weighted by atomic mass is 10.3. The molecule has 2 heterocycles. The minimum absolute atomic E-state index is 0.0474. The summed E-state index contributed by atoms with van der Waals surface area (Å²) in [5.41, 5.74) is 0.576. The first-order valence-electron chi connectivity index (χ1n) is 4.86. The number of aromatic nitrogens is 2. The van der Waals surface area contributed by atoms with E-state index >= 15 is 0 Å². The van der Waals surface area contributed by atoms with Crippen molar-refractivity contribution >= 4 is 5.91 Å². The van der Waals surface area contributed by atoms with Gasteiger partial charge in [0.1, 0.15) is 5.69 Å². The summed E-state index contributed by atoms with van der Waals surface area (Å²) in [5.74, 6) is 0.0474. The van der Waals surface area contributed by atoms with Crippen molar-refractivity contribution in [2.45, 2.75) is 6.42 Å². The minimum atomic E-state index is 0.0474. The van der Waals surface area contributed by atoms with Gasteiger partial charge in [0.25, 0.3) is 5.91 Å². The van der Waals surface area contributed by atoms with Gasteiger partial charge in [-0.15, -0.1) is 0 Å². The maximum absolute atomic E-state index is 11.8. The van der Waals surface area contributed by atoms with Crippen molar-refractivity contribution in [1.29, 1.82) is 0 Å². The molecule has 0 aliphatic carbocycles. The minimum Gasteiger partial charge on any atom is -0.341 e. The molecular formula is C9H14N4O. The highest BCUT2D eigenvalue weighted by Crippen LogP contribution is 2.02. The molecule has 0 aromatic carbocycles. The van der Waals surface area contributed by atoms with E-state index in [0.717, 1.165) is 32.6 Å². The Labute approximate surface area is 82.5 Å². The van der Waals surface area contributed by atoms with Crippen LogP contribution in [0.4, 0.5) is 0 Å². The van der Waals surface area contributed by atoms with E-state index in [4.69, 9.17) is 0 Å². The predicted octanol–water partition coefficient (Wildman–Crippen LogP) is -0.155. The van der Waals surface area contributed by atoms with Gasteiger partial charge in [-0.25, -0.2) is 4.98 Å². The van der Waals surface area contributed by atoms with Crippen LogP contribution in [0.1, 0.15) is 16.9 Å². The summed E-state index contributed by atoms with van der Waals surface area (Å²) in [7, 11) is 0. The first-order chi connectivity index (χ1) is 6.88. The predicted molar refractivity (Wildman–Crippen MR) is 52.0 cm³/mol. The van der Waals surface area contributed by atoms with Gasteiger partial charge in [-0.2, -0.15) is 0 Å². The highest BCUT2D eigenvalue weighted by Gasteiger charge is 2.17. The third-order valence-corrected chi connectivity index (χ3v) is 2.36. The van der Waals surface area contributed by atoms with Gasteiger partial charge in [0, 0.05) is 19.6 Å². The lowest BCUT2D eigenvalue weighted by Gasteiger charge is -2.18. The van der Waals surface area contributed by atoms with Gasteiger partial charge in [0.05, 0.1) is 12.5 Å². The van der Waals surface area contributed by atoms with Gasteiger partial charge >= 0.3 is 0 Å². The SMILES string of the molecule is O=C(c1cnc[nH]1)N1CCCNCC1. The van der Waals surface area contributed by atoms with Crippen LogP contribution in [0.2, 0.25) is 0 Å². The molecule has 1 aliphatic rings. The van der Waals surface area contributed by atoms with Crippen molar-refractivity contribution in [2.75, 3.05) is 26.2 Å². The molecule has 2 N–H and O–H groups in total. The molecule has 5 heteroatoms. The van der Waals surface area contributed by atoms with Crippen molar-refractivity contribution in [2.24, 2.45) is 0 Å². The number of rotatable bonds is 1. The quantitative estimate of drug-likeness (QED) is 0.653. The Hall–Kier alpha value is -1.36. The highest BCUT2D eigenvalue weighted by molar-refractivity contribution is 5.92. The molecule has 1 fully saturated rings. The fourth-order valence-corrected chi connectivity index (χ4v) is 1.59. The Morgan fingerprint density at radius 2 is 2.36 bits per heavy atom. The number of nitrogens with zero attached hydrogens (tertiary/aromatic N) is 2. The fraction of sp³-hybridized carbons (Fsp3) is 0.556. The fourth-order valence-electron chi connectivity index (χ4n) is 1.59. The van der Waals surface area contributed by atoms with Crippen LogP contribution >= 0.6 is 0 Å². The van der Waals surface area contributed by atoms with Crippen LogP contribution in [0.5, 0.6) is 0 Å². The Kier molecular flexibility index (Phi) is 2.78. The summed E-state index contributed by atoms with van der Waals surface area (Å²) in [5, 5.41) is 3.26. The van der Waals surface area contributed by atoms with Gasteiger partial charge in [-0.1, -0.05) is 0 Å². The number of H-pyrrole nitrogens is 1. The maximum Gasteiger partial charge on any atom is 0.271 e. The second kappa shape index (κ2) is 4.23. The molecule has 0 bridgehead atoms. The molecule has 0 atom stereocenters. The van der Waals surface area contributed by atoms with E-state index in [2.05, 4.69) is 15.3 Å². The van der Waals surface area contributed by atoms with Crippen LogP contribution in [-0.2, 0) is 0 Å². The normalized spacial score (nSPS) is 17.9. The smallest absolute Gasteiger partial charge is 0.271 e. The molecule has 0 spiro atoms. The Balaban J connectivity index is 2.03. The van der Waals surface area contributed by atoms with Crippen LogP contribution in [0.15, 0.2) is 12.5 Å². The molecule has 1 aromatic rings. The number of imidazole rings is 1. The molecule has 1 aromatic heterocycles.